The van der Waals surface area contributed by atoms with E-state index in [0.717, 1.165) is 0 Å². The quantitative estimate of drug-likeness (QED) is 0.642. The monoisotopic (exact) mass is 149 g/mol. The SMILES string of the molecule is C=C(C(=O)O)c1ccccn1. The normalized spacial score (nSPS) is 9.09. The second-order valence-electron chi connectivity index (χ2n) is 2.00. The first-order valence-electron chi connectivity index (χ1n) is 3.05. The molecule has 0 aliphatic rings. The maximum Gasteiger partial charge on any atom is 0.337 e. The smallest absolute Gasteiger partial charge is 0.337 e. The van der Waals surface area contributed by atoms with Crippen molar-refractivity contribution in [3.63, 3.8) is 0 Å². The molecule has 0 aromatic carbocycles. The van der Waals surface area contributed by atoms with Crippen molar-refractivity contribution in [3.05, 3.63) is 36.7 Å². The summed E-state index contributed by atoms with van der Waals surface area (Å²) in [5, 5.41) is 8.50. The lowest BCUT2D eigenvalue weighted by Gasteiger charge is -1.96. The first-order chi connectivity index (χ1) is 5.22. The van der Waals surface area contributed by atoms with Gasteiger partial charge in [-0.05, 0) is 12.1 Å². The molecule has 0 aliphatic carbocycles. The summed E-state index contributed by atoms with van der Waals surface area (Å²) < 4.78 is 0. The third-order valence-corrected chi connectivity index (χ3v) is 1.23. The van der Waals surface area contributed by atoms with Crippen molar-refractivity contribution in [2.45, 2.75) is 0 Å². The number of rotatable bonds is 2. The zero-order chi connectivity index (χ0) is 8.27. The Balaban J connectivity index is 2.95. The molecule has 0 radical (unpaired) electrons. The largest absolute Gasteiger partial charge is 0.478 e. The van der Waals surface area contributed by atoms with Crippen LogP contribution in [0.3, 0.4) is 0 Å². The summed E-state index contributed by atoms with van der Waals surface area (Å²) in [6.07, 6.45) is 1.53. The highest BCUT2D eigenvalue weighted by atomic mass is 16.4. The average Bonchev–Trinajstić information content (AvgIpc) is 2.05. The molecule has 0 amide bonds. The molecular formula is C8H7NO2. The van der Waals surface area contributed by atoms with Gasteiger partial charge in [-0.2, -0.15) is 0 Å². The van der Waals surface area contributed by atoms with Crippen LogP contribution in [0.5, 0.6) is 0 Å². The average molecular weight is 149 g/mol. The van der Waals surface area contributed by atoms with Crippen LogP contribution in [0.25, 0.3) is 5.57 Å². The van der Waals surface area contributed by atoms with Crippen molar-refractivity contribution in [1.82, 2.24) is 4.98 Å². The number of hydrogen-bond acceptors (Lipinski definition) is 2. The van der Waals surface area contributed by atoms with Gasteiger partial charge in [-0.3, -0.25) is 4.98 Å². The molecule has 0 saturated heterocycles. The molecule has 0 spiro atoms. The minimum absolute atomic E-state index is 0.0191. The zero-order valence-corrected chi connectivity index (χ0v) is 5.82. The van der Waals surface area contributed by atoms with E-state index >= 15 is 0 Å². The number of aliphatic carboxylic acids is 1. The number of carbonyl (C=O) groups is 1. The van der Waals surface area contributed by atoms with Crippen molar-refractivity contribution in [3.8, 4) is 0 Å². The Morgan fingerprint density at radius 2 is 2.27 bits per heavy atom. The van der Waals surface area contributed by atoms with E-state index in [1.807, 2.05) is 0 Å². The highest BCUT2D eigenvalue weighted by Crippen LogP contribution is 2.06. The third-order valence-electron chi connectivity index (χ3n) is 1.23. The van der Waals surface area contributed by atoms with Crippen molar-refractivity contribution in [2.24, 2.45) is 0 Å². The Kier molecular flexibility index (Phi) is 2.01. The van der Waals surface area contributed by atoms with Gasteiger partial charge in [-0.1, -0.05) is 12.6 Å². The summed E-state index contributed by atoms with van der Waals surface area (Å²) in [5.41, 5.74) is 0.422. The van der Waals surface area contributed by atoms with Crippen molar-refractivity contribution in [1.29, 1.82) is 0 Å². The van der Waals surface area contributed by atoms with Gasteiger partial charge in [0.1, 0.15) is 0 Å². The van der Waals surface area contributed by atoms with Crippen LogP contribution in [0.2, 0.25) is 0 Å². The van der Waals surface area contributed by atoms with E-state index in [1.165, 1.54) is 6.20 Å². The molecule has 0 fully saturated rings. The summed E-state index contributed by atoms with van der Waals surface area (Å²) in [5.74, 6) is -1.04. The van der Waals surface area contributed by atoms with E-state index in [0.29, 0.717) is 5.69 Å². The number of carboxylic acid groups (broad SMARTS) is 1. The van der Waals surface area contributed by atoms with Crippen LogP contribution in [0.15, 0.2) is 31.0 Å². The lowest BCUT2D eigenvalue weighted by molar-refractivity contribution is -0.130. The second-order valence-corrected chi connectivity index (χ2v) is 2.00. The Hall–Kier alpha value is -1.64. The Morgan fingerprint density at radius 1 is 1.55 bits per heavy atom. The van der Waals surface area contributed by atoms with Crippen LogP contribution < -0.4 is 0 Å². The summed E-state index contributed by atoms with van der Waals surface area (Å²) in [7, 11) is 0. The van der Waals surface area contributed by atoms with Gasteiger partial charge in [0.15, 0.2) is 0 Å². The van der Waals surface area contributed by atoms with Gasteiger partial charge in [0.05, 0.1) is 11.3 Å². The lowest BCUT2D eigenvalue weighted by Crippen LogP contribution is -1.99. The van der Waals surface area contributed by atoms with Gasteiger partial charge in [0.2, 0.25) is 0 Å². The van der Waals surface area contributed by atoms with Crippen LogP contribution in [0.1, 0.15) is 5.69 Å². The summed E-state index contributed by atoms with van der Waals surface area (Å²) >= 11 is 0. The molecular weight excluding hydrogens is 142 g/mol. The van der Waals surface area contributed by atoms with Gasteiger partial charge in [-0.25, -0.2) is 4.79 Å². The fourth-order valence-electron chi connectivity index (χ4n) is 0.651. The predicted molar refractivity (Wildman–Crippen MR) is 40.9 cm³/mol. The number of carboxylic acids is 1. The fourth-order valence-corrected chi connectivity index (χ4v) is 0.651. The van der Waals surface area contributed by atoms with Crippen LogP contribution in [-0.2, 0) is 4.79 Å². The first-order valence-corrected chi connectivity index (χ1v) is 3.05. The van der Waals surface area contributed by atoms with Gasteiger partial charge >= 0.3 is 5.97 Å². The lowest BCUT2D eigenvalue weighted by atomic mass is 10.2. The summed E-state index contributed by atoms with van der Waals surface area (Å²) in [6.45, 7) is 3.36. The Morgan fingerprint density at radius 3 is 2.73 bits per heavy atom. The molecule has 11 heavy (non-hydrogen) atoms. The van der Waals surface area contributed by atoms with E-state index in [-0.39, 0.29) is 5.57 Å². The molecule has 3 nitrogen and oxygen atoms in total. The molecule has 0 saturated carbocycles. The van der Waals surface area contributed by atoms with Crippen molar-refractivity contribution < 1.29 is 9.90 Å². The van der Waals surface area contributed by atoms with E-state index in [2.05, 4.69) is 11.6 Å². The molecule has 1 N–H and O–H groups in total. The van der Waals surface area contributed by atoms with E-state index in [9.17, 15) is 4.79 Å². The Labute approximate surface area is 64.0 Å². The van der Waals surface area contributed by atoms with Crippen LogP contribution in [-0.4, -0.2) is 16.1 Å². The highest BCUT2D eigenvalue weighted by Gasteiger charge is 2.06. The van der Waals surface area contributed by atoms with Gasteiger partial charge in [-0.15, -0.1) is 0 Å². The second kappa shape index (κ2) is 2.96. The molecule has 0 atom stereocenters. The molecule has 56 valence electrons. The summed E-state index contributed by atoms with van der Waals surface area (Å²) in [4.78, 5) is 14.2. The van der Waals surface area contributed by atoms with Gasteiger partial charge < -0.3 is 5.11 Å². The predicted octanol–water partition coefficient (Wildman–Crippen LogP) is 1.18. The maximum absolute atomic E-state index is 10.4. The van der Waals surface area contributed by atoms with Gasteiger partial charge in [0, 0.05) is 6.20 Å². The maximum atomic E-state index is 10.4. The van der Waals surface area contributed by atoms with Crippen LogP contribution in [0.4, 0.5) is 0 Å². The minimum Gasteiger partial charge on any atom is -0.478 e. The standard InChI is InChI=1S/C8H7NO2/c1-6(8(10)11)7-4-2-3-5-9-7/h2-5H,1H2,(H,10,11). The fraction of sp³-hybridized carbons (Fsp3) is 0. The van der Waals surface area contributed by atoms with Gasteiger partial charge in [0.25, 0.3) is 0 Å². The molecule has 0 bridgehead atoms. The molecule has 0 aliphatic heterocycles. The molecule has 1 aromatic heterocycles. The molecule has 0 unspecified atom stereocenters. The topological polar surface area (TPSA) is 50.2 Å². The molecule has 1 heterocycles. The minimum atomic E-state index is -1.04. The molecule has 1 rings (SSSR count). The number of aromatic nitrogens is 1. The highest BCUT2D eigenvalue weighted by molar-refractivity contribution is 6.13. The number of nitrogens with zero attached hydrogens (tertiary/aromatic N) is 1. The van der Waals surface area contributed by atoms with E-state index < -0.39 is 5.97 Å². The number of hydrogen-bond donors (Lipinski definition) is 1. The number of pyridine rings is 1. The third kappa shape index (κ3) is 1.64. The molecule has 3 heteroatoms. The van der Waals surface area contributed by atoms with Crippen LogP contribution in [0, 0.1) is 0 Å². The van der Waals surface area contributed by atoms with Crippen molar-refractivity contribution in [2.75, 3.05) is 0 Å². The summed E-state index contributed by atoms with van der Waals surface area (Å²) in [6, 6.07) is 5.05. The first kappa shape index (κ1) is 7.47. The van der Waals surface area contributed by atoms with E-state index in [1.54, 1.807) is 18.2 Å². The van der Waals surface area contributed by atoms with E-state index in [4.69, 9.17) is 5.11 Å². The Bertz CT molecular complexity index is 279. The van der Waals surface area contributed by atoms with Crippen molar-refractivity contribution >= 4 is 11.5 Å². The zero-order valence-electron chi connectivity index (χ0n) is 5.82. The molecule has 1 aromatic rings. The van der Waals surface area contributed by atoms with Crippen LogP contribution >= 0.6 is 0 Å².